The predicted octanol–water partition coefficient (Wildman–Crippen LogP) is 2.19. The molecular weight excluding hydrogens is 234 g/mol. The molecule has 0 bridgehead atoms. The number of allylic oxidation sites excluding steroid dienone is 1. The molecule has 1 N–H and O–H groups in total. The first kappa shape index (κ1) is 13.9. The molecular formula is C13H17NO4. The third-order valence-electron chi connectivity index (χ3n) is 2.27. The predicted molar refractivity (Wildman–Crippen MR) is 68.9 cm³/mol. The molecule has 1 aromatic rings. The van der Waals surface area contributed by atoms with E-state index >= 15 is 0 Å². The fourth-order valence-corrected chi connectivity index (χ4v) is 1.40. The molecule has 0 amide bonds. The molecule has 0 radical (unpaired) electrons. The highest BCUT2D eigenvalue weighted by Gasteiger charge is 2.06. The standard InChI is InChI=1S/C13H17NO4/c1-9(7-13(15)18-4)14-11-8-10(16-2)5-6-12(11)17-3/h5-8,14H,1-4H3. The van der Waals surface area contributed by atoms with Gasteiger partial charge < -0.3 is 19.5 Å². The van der Waals surface area contributed by atoms with Gasteiger partial charge in [0.2, 0.25) is 0 Å². The van der Waals surface area contributed by atoms with Crippen LogP contribution in [0.25, 0.3) is 0 Å². The molecule has 1 aromatic carbocycles. The van der Waals surface area contributed by atoms with Crippen LogP contribution in [0.5, 0.6) is 11.5 Å². The lowest BCUT2D eigenvalue weighted by Gasteiger charge is -2.12. The molecule has 0 aliphatic carbocycles. The lowest BCUT2D eigenvalue weighted by atomic mass is 10.2. The highest BCUT2D eigenvalue weighted by Crippen LogP contribution is 2.29. The lowest BCUT2D eigenvalue weighted by molar-refractivity contribution is -0.134. The minimum Gasteiger partial charge on any atom is -0.497 e. The van der Waals surface area contributed by atoms with E-state index in [4.69, 9.17) is 9.47 Å². The third-order valence-corrected chi connectivity index (χ3v) is 2.27. The zero-order valence-electron chi connectivity index (χ0n) is 10.9. The van der Waals surface area contributed by atoms with Crippen LogP contribution >= 0.6 is 0 Å². The van der Waals surface area contributed by atoms with Crippen molar-refractivity contribution >= 4 is 11.7 Å². The van der Waals surface area contributed by atoms with E-state index in [2.05, 4.69) is 10.1 Å². The number of rotatable bonds is 5. The topological polar surface area (TPSA) is 56.8 Å². The number of benzene rings is 1. The van der Waals surface area contributed by atoms with Gasteiger partial charge in [-0.3, -0.25) is 0 Å². The number of carbonyl (C=O) groups excluding carboxylic acids is 1. The fourth-order valence-electron chi connectivity index (χ4n) is 1.40. The summed E-state index contributed by atoms with van der Waals surface area (Å²) in [7, 11) is 4.49. The zero-order valence-corrected chi connectivity index (χ0v) is 10.9. The van der Waals surface area contributed by atoms with Crippen LogP contribution in [0, 0.1) is 0 Å². The first-order valence-electron chi connectivity index (χ1n) is 5.36. The molecule has 0 heterocycles. The molecule has 0 aliphatic rings. The molecule has 0 unspecified atom stereocenters. The van der Waals surface area contributed by atoms with Crippen LogP contribution < -0.4 is 14.8 Å². The van der Waals surface area contributed by atoms with Crippen LogP contribution in [0.2, 0.25) is 0 Å². The van der Waals surface area contributed by atoms with Gasteiger partial charge in [0, 0.05) is 17.8 Å². The van der Waals surface area contributed by atoms with Crippen molar-refractivity contribution in [3.05, 3.63) is 30.0 Å². The first-order valence-corrected chi connectivity index (χ1v) is 5.36. The Hall–Kier alpha value is -2.17. The summed E-state index contributed by atoms with van der Waals surface area (Å²) in [6.45, 7) is 1.76. The SMILES string of the molecule is COC(=O)C=C(C)Nc1cc(OC)ccc1OC. The monoisotopic (exact) mass is 251 g/mol. The van der Waals surface area contributed by atoms with Crippen molar-refractivity contribution in [3.63, 3.8) is 0 Å². The Morgan fingerprint density at radius 1 is 1.22 bits per heavy atom. The Bertz CT molecular complexity index is 454. The van der Waals surface area contributed by atoms with Gasteiger partial charge in [-0.2, -0.15) is 0 Å². The van der Waals surface area contributed by atoms with E-state index in [1.807, 2.05) is 0 Å². The quantitative estimate of drug-likeness (QED) is 0.642. The maximum Gasteiger partial charge on any atom is 0.332 e. The third kappa shape index (κ3) is 3.69. The zero-order chi connectivity index (χ0) is 13.5. The van der Waals surface area contributed by atoms with Gasteiger partial charge in [-0.25, -0.2) is 4.79 Å². The summed E-state index contributed by atoms with van der Waals surface area (Å²) < 4.78 is 14.9. The molecule has 0 fully saturated rings. The minimum absolute atomic E-state index is 0.415. The van der Waals surface area contributed by atoms with E-state index in [1.165, 1.54) is 13.2 Å². The molecule has 0 saturated heterocycles. The van der Waals surface area contributed by atoms with Gasteiger partial charge in [0.15, 0.2) is 0 Å². The van der Waals surface area contributed by atoms with E-state index in [1.54, 1.807) is 39.3 Å². The second-order valence-electron chi connectivity index (χ2n) is 3.54. The van der Waals surface area contributed by atoms with Gasteiger partial charge in [0.05, 0.1) is 27.0 Å². The second-order valence-corrected chi connectivity index (χ2v) is 3.54. The van der Waals surface area contributed by atoms with Crippen molar-refractivity contribution < 1.29 is 19.0 Å². The van der Waals surface area contributed by atoms with Crippen LogP contribution in [-0.2, 0) is 9.53 Å². The van der Waals surface area contributed by atoms with Crippen molar-refractivity contribution in [1.82, 2.24) is 0 Å². The van der Waals surface area contributed by atoms with E-state index in [-0.39, 0.29) is 0 Å². The van der Waals surface area contributed by atoms with Gasteiger partial charge in [-0.1, -0.05) is 0 Å². The summed E-state index contributed by atoms with van der Waals surface area (Å²) in [5.41, 5.74) is 1.36. The van der Waals surface area contributed by atoms with Crippen LogP contribution in [-0.4, -0.2) is 27.3 Å². The Morgan fingerprint density at radius 2 is 1.94 bits per heavy atom. The number of methoxy groups -OCH3 is 3. The normalized spacial score (nSPS) is 10.8. The first-order chi connectivity index (χ1) is 8.60. The Labute approximate surface area is 106 Å². The molecule has 5 heteroatoms. The van der Waals surface area contributed by atoms with Crippen molar-refractivity contribution in [1.29, 1.82) is 0 Å². The molecule has 0 spiro atoms. The van der Waals surface area contributed by atoms with Crippen molar-refractivity contribution in [2.45, 2.75) is 6.92 Å². The van der Waals surface area contributed by atoms with Crippen molar-refractivity contribution in [3.8, 4) is 11.5 Å². The molecule has 18 heavy (non-hydrogen) atoms. The highest BCUT2D eigenvalue weighted by molar-refractivity contribution is 5.83. The smallest absolute Gasteiger partial charge is 0.332 e. The average Bonchev–Trinajstić information content (AvgIpc) is 2.38. The largest absolute Gasteiger partial charge is 0.497 e. The van der Waals surface area contributed by atoms with Gasteiger partial charge in [0.1, 0.15) is 11.5 Å². The maximum absolute atomic E-state index is 11.1. The Balaban J connectivity index is 2.94. The molecule has 1 rings (SSSR count). The highest BCUT2D eigenvalue weighted by atomic mass is 16.5. The summed E-state index contributed by atoms with van der Waals surface area (Å²) in [6, 6.07) is 5.36. The number of esters is 1. The van der Waals surface area contributed by atoms with E-state index in [9.17, 15) is 4.79 Å². The Morgan fingerprint density at radius 3 is 2.50 bits per heavy atom. The number of hydrogen-bond acceptors (Lipinski definition) is 5. The molecule has 0 saturated carbocycles. The number of nitrogens with one attached hydrogen (secondary N) is 1. The van der Waals surface area contributed by atoms with Crippen molar-refractivity contribution in [2.75, 3.05) is 26.6 Å². The maximum atomic E-state index is 11.1. The molecule has 5 nitrogen and oxygen atoms in total. The van der Waals surface area contributed by atoms with Crippen molar-refractivity contribution in [2.24, 2.45) is 0 Å². The molecule has 0 aromatic heterocycles. The summed E-state index contributed by atoms with van der Waals surface area (Å²) in [5, 5.41) is 3.06. The van der Waals surface area contributed by atoms with Gasteiger partial charge in [-0.05, 0) is 19.1 Å². The summed E-state index contributed by atoms with van der Waals surface area (Å²) in [6.07, 6.45) is 1.36. The van der Waals surface area contributed by atoms with Crippen LogP contribution in [0.15, 0.2) is 30.0 Å². The molecule has 0 atom stereocenters. The number of anilines is 1. The van der Waals surface area contributed by atoms with Gasteiger partial charge in [0.25, 0.3) is 0 Å². The fraction of sp³-hybridized carbons (Fsp3) is 0.308. The number of hydrogen-bond donors (Lipinski definition) is 1. The average molecular weight is 251 g/mol. The second kappa shape index (κ2) is 6.54. The number of carbonyl (C=O) groups is 1. The summed E-state index contributed by atoms with van der Waals surface area (Å²) in [5.74, 6) is 0.944. The summed E-state index contributed by atoms with van der Waals surface area (Å²) >= 11 is 0. The number of ether oxygens (including phenoxy) is 3. The van der Waals surface area contributed by atoms with E-state index < -0.39 is 5.97 Å². The van der Waals surface area contributed by atoms with E-state index in [0.717, 1.165) is 5.69 Å². The van der Waals surface area contributed by atoms with Gasteiger partial charge in [-0.15, -0.1) is 0 Å². The van der Waals surface area contributed by atoms with Crippen LogP contribution in [0.4, 0.5) is 5.69 Å². The Kier molecular flexibility index (Phi) is 5.05. The molecule has 98 valence electrons. The van der Waals surface area contributed by atoms with Crippen LogP contribution in [0.1, 0.15) is 6.92 Å². The van der Waals surface area contributed by atoms with Gasteiger partial charge >= 0.3 is 5.97 Å². The van der Waals surface area contributed by atoms with E-state index in [0.29, 0.717) is 17.2 Å². The van der Waals surface area contributed by atoms with Crippen LogP contribution in [0.3, 0.4) is 0 Å². The minimum atomic E-state index is -0.415. The lowest BCUT2D eigenvalue weighted by Crippen LogP contribution is -2.03. The summed E-state index contributed by atoms with van der Waals surface area (Å²) in [4.78, 5) is 11.1. The molecule has 0 aliphatic heterocycles.